The second-order valence-corrected chi connectivity index (χ2v) is 6.37. The Morgan fingerprint density at radius 3 is 2.36 bits per heavy atom. The van der Waals surface area contributed by atoms with Crippen LogP contribution in [0, 0.1) is 5.92 Å². The van der Waals surface area contributed by atoms with Crippen LogP contribution in [0.1, 0.15) is 40.5 Å². The molecule has 0 spiro atoms. The van der Waals surface area contributed by atoms with Crippen molar-refractivity contribution in [2.24, 2.45) is 5.92 Å². The zero-order chi connectivity index (χ0) is 16.7. The number of esters is 1. The molecule has 1 aliphatic rings. The Morgan fingerprint density at radius 1 is 1.27 bits per heavy atom. The van der Waals surface area contributed by atoms with Crippen molar-refractivity contribution >= 4 is 11.9 Å². The fourth-order valence-electron chi connectivity index (χ4n) is 2.99. The number of morpholine rings is 1. The largest absolute Gasteiger partial charge is 0.469 e. The first-order valence-corrected chi connectivity index (χ1v) is 8.09. The highest BCUT2D eigenvalue weighted by molar-refractivity contribution is 5.82. The number of rotatable bonds is 7. The van der Waals surface area contributed by atoms with Crippen molar-refractivity contribution in [3.63, 3.8) is 0 Å². The van der Waals surface area contributed by atoms with Crippen LogP contribution >= 0.6 is 0 Å². The van der Waals surface area contributed by atoms with Gasteiger partial charge in [-0.3, -0.25) is 14.5 Å². The minimum atomic E-state index is -0.245. The first kappa shape index (κ1) is 18.9. The van der Waals surface area contributed by atoms with Crippen molar-refractivity contribution in [2.45, 2.75) is 58.8 Å². The molecule has 22 heavy (non-hydrogen) atoms. The molecule has 1 fully saturated rings. The van der Waals surface area contributed by atoms with Crippen molar-refractivity contribution in [1.82, 2.24) is 10.2 Å². The molecule has 1 rings (SSSR count). The zero-order valence-corrected chi connectivity index (χ0v) is 14.4. The monoisotopic (exact) mass is 314 g/mol. The van der Waals surface area contributed by atoms with Gasteiger partial charge in [-0.05, 0) is 26.2 Å². The van der Waals surface area contributed by atoms with Crippen LogP contribution < -0.4 is 5.32 Å². The van der Waals surface area contributed by atoms with E-state index in [4.69, 9.17) is 4.74 Å². The van der Waals surface area contributed by atoms with Gasteiger partial charge in [-0.2, -0.15) is 0 Å². The summed E-state index contributed by atoms with van der Waals surface area (Å²) < 4.78 is 10.3. The van der Waals surface area contributed by atoms with E-state index in [1.54, 1.807) is 0 Å². The molecule has 1 N–H and O–H groups in total. The van der Waals surface area contributed by atoms with Crippen molar-refractivity contribution in [2.75, 3.05) is 26.7 Å². The molecule has 1 saturated heterocycles. The second kappa shape index (κ2) is 9.10. The van der Waals surface area contributed by atoms with Gasteiger partial charge in [-0.25, -0.2) is 0 Å². The highest BCUT2D eigenvalue weighted by Gasteiger charge is 2.33. The number of carbonyl (C=O) groups excluding carboxylic acids is 2. The number of ether oxygens (including phenoxy) is 2. The van der Waals surface area contributed by atoms with Gasteiger partial charge in [0, 0.05) is 26.1 Å². The average molecular weight is 314 g/mol. The molecule has 6 nitrogen and oxygen atoms in total. The van der Waals surface area contributed by atoms with E-state index in [0.29, 0.717) is 19.4 Å². The van der Waals surface area contributed by atoms with Gasteiger partial charge in [-0.1, -0.05) is 13.8 Å². The first-order valence-electron chi connectivity index (χ1n) is 8.09. The summed E-state index contributed by atoms with van der Waals surface area (Å²) in [5, 5.41) is 2.94. The minimum absolute atomic E-state index is 0.0289. The summed E-state index contributed by atoms with van der Waals surface area (Å²) in [6, 6.07) is -0.160. The summed E-state index contributed by atoms with van der Waals surface area (Å²) >= 11 is 0. The van der Waals surface area contributed by atoms with Crippen LogP contribution in [0.3, 0.4) is 0 Å². The van der Waals surface area contributed by atoms with Crippen molar-refractivity contribution in [3.8, 4) is 0 Å². The third-order valence-electron chi connectivity index (χ3n) is 3.83. The Balaban J connectivity index is 2.51. The molecule has 128 valence electrons. The van der Waals surface area contributed by atoms with E-state index in [1.807, 2.05) is 13.8 Å². The van der Waals surface area contributed by atoms with Gasteiger partial charge in [0.1, 0.15) is 0 Å². The van der Waals surface area contributed by atoms with E-state index >= 15 is 0 Å². The van der Waals surface area contributed by atoms with Crippen LogP contribution in [0.2, 0.25) is 0 Å². The number of carbonyl (C=O) groups is 2. The van der Waals surface area contributed by atoms with Crippen LogP contribution in [0.25, 0.3) is 0 Å². The van der Waals surface area contributed by atoms with Gasteiger partial charge < -0.3 is 14.8 Å². The van der Waals surface area contributed by atoms with E-state index in [0.717, 1.165) is 13.1 Å². The normalized spacial score (nSPS) is 24.1. The maximum absolute atomic E-state index is 12.5. The van der Waals surface area contributed by atoms with Crippen molar-refractivity contribution < 1.29 is 19.1 Å². The van der Waals surface area contributed by atoms with Gasteiger partial charge in [0.05, 0.1) is 25.4 Å². The smallest absolute Gasteiger partial charge is 0.305 e. The van der Waals surface area contributed by atoms with E-state index in [1.165, 1.54) is 7.11 Å². The predicted molar refractivity (Wildman–Crippen MR) is 84.5 cm³/mol. The lowest BCUT2D eigenvalue weighted by Gasteiger charge is -2.41. The van der Waals surface area contributed by atoms with Gasteiger partial charge >= 0.3 is 5.97 Å². The fourth-order valence-corrected chi connectivity index (χ4v) is 2.99. The molecule has 1 amide bonds. The number of amides is 1. The van der Waals surface area contributed by atoms with Gasteiger partial charge in [0.2, 0.25) is 5.91 Å². The molecule has 0 aromatic heterocycles. The number of nitrogens with one attached hydrogen (secondary N) is 1. The van der Waals surface area contributed by atoms with Crippen LogP contribution in [0.4, 0.5) is 0 Å². The second-order valence-electron chi connectivity index (χ2n) is 6.37. The van der Waals surface area contributed by atoms with Crippen molar-refractivity contribution in [1.29, 1.82) is 0 Å². The Kier molecular flexibility index (Phi) is 7.82. The van der Waals surface area contributed by atoms with Crippen LogP contribution in [-0.4, -0.2) is 61.8 Å². The molecule has 0 bridgehead atoms. The standard InChI is InChI=1S/C16H30N2O4/c1-11(2)15(18-9-12(3)22-13(4)10-18)16(20)17-8-6-7-14(19)21-5/h11-13,15H,6-10H2,1-5H3,(H,17,20). The number of methoxy groups -OCH3 is 1. The summed E-state index contributed by atoms with van der Waals surface area (Å²) in [7, 11) is 1.37. The quantitative estimate of drug-likeness (QED) is 0.565. The molecule has 0 aromatic rings. The lowest BCUT2D eigenvalue weighted by Crippen LogP contribution is -2.57. The molecule has 3 atom stereocenters. The average Bonchev–Trinajstić information content (AvgIpc) is 2.42. The summed E-state index contributed by atoms with van der Waals surface area (Å²) in [6.07, 6.45) is 1.20. The molecule has 1 aliphatic heterocycles. The van der Waals surface area contributed by atoms with Crippen LogP contribution in [-0.2, 0) is 19.1 Å². The summed E-state index contributed by atoms with van der Waals surface area (Å²) in [5.41, 5.74) is 0. The van der Waals surface area contributed by atoms with E-state index < -0.39 is 0 Å². The summed E-state index contributed by atoms with van der Waals surface area (Å²) in [5.74, 6) is 0.00441. The topological polar surface area (TPSA) is 67.9 Å². The van der Waals surface area contributed by atoms with Gasteiger partial charge in [0.15, 0.2) is 0 Å². The molecular formula is C16H30N2O4. The zero-order valence-electron chi connectivity index (χ0n) is 14.4. The summed E-state index contributed by atoms with van der Waals surface area (Å²) in [4.78, 5) is 25.8. The predicted octanol–water partition coefficient (Wildman–Crippen LogP) is 1.19. The maximum atomic E-state index is 12.5. The number of hydrogen-bond donors (Lipinski definition) is 1. The molecular weight excluding hydrogens is 284 g/mol. The Morgan fingerprint density at radius 2 is 1.86 bits per heavy atom. The highest BCUT2D eigenvalue weighted by atomic mass is 16.5. The highest BCUT2D eigenvalue weighted by Crippen LogP contribution is 2.18. The molecule has 1 heterocycles. The minimum Gasteiger partial charge on any atom is -0.469 e. The van der Waals surface area contributed by atoms with E-state index in [9.17, 15) is 9.59 Å². The van der Waals surface area contributed by atoms with Crippen LogP contribution in [0.5, 0.6) is 0 Å². The first-order chi connectivity index (χ1) is 10.3. The number of hydrogen-bond acceptors (Lipinski definition) is 5. The van der Waals surface area contributed by atoms with Crippen LogP contribution in [0.15, 0.2) is 0 Å². The van der Waals surface area contributed by atoms with Gasteiger partial charge in [-0.15, -0.1) is 0 Å². The molecule has 0 aromatic carbocycles. The Hall–Kier alpha value is -1.14. The fraction of sp³-hybridized carbons (Fsp3) is 0.875. The Labute approximate surface area is 133 Å². The number of nitrogens with zero attached hydrogens (tertiary/aromatic N) is 1. The lowest BCUT2D eigenvalue weighted by atomic mass is 9.99. The third kappa shape index (κ3) is 5.93. The van der Waals surface area contributed by atoms with E-state index in [-0.39, 0.29) is 36.0 Å². The molecule has 0 aliphatic carbocycles. The van der Waals surface area contributed by atoms with Gasteiger partial charge in [0.25, 0.3) is 0 Å². The lowest BCUT2D eigenvalue weighted by molar-refractivity contribution is -0.141. The third-order valence-corrected chi connectivity index (χ3v) is 3.83. The molecule has 6 heteroatoms. The Bertz CT molecular complexity index is 363. The molecule has 0 radical (unpaired) electrons. The summed E-state index contributed by atoms with van der Waals surface area (Å²) in [6.45, 7) is 10.2. The SMILES string of the molecule is COC(=O)CCCNC(=O)C(C(C)C)N1CC(C)OC(C)C1. The van der Waals surface area contributed by atoms with E-state index in [2.05, 4.69) is 28.8 Å². The molecule has 0 saturated carbocycles. The maximum Gasteiger partial charge on any atom is 0.305 e. The molecule has 3 unspecified atom stereocenters. The van der Waals surface area contributed by atoms with Crippen molar-refractivity contribution in [3.05, 3.63) is 0 Å².